The molecule has 1 saturated heterocycles. The second-order valence-electron chi connectivity index (χ2n) is 9.89. The van der Waals surface area contributed by atoms with Crippen LogP contribution in [0.5, 0.6) is 5.75 Å². The van der Waals surface area contributed by atoms with Crippen LogP contribution in [0, 0.1) is 5.92 Å². The highest BCUT2D eigenvalue weighted by molar-refractivity contribution is 6.33. The number of carbonyl (C=O) groups is 2. The standard InChI is InChI=1S/C30H32ClN7O3/c1-19-12-15-37(16-13-19)29(40)25-9-6-14-38(25)20-10-11-24(26(17-20)41-3)35-30-33-18-22(31)27(36-30)34-23-8-5-4-7-21(23)28(39)32-2/h4-11,14,17-19H,12-13,15-16H2,1-3H3,(H,32,39)(H2,33,34,35,36). The molecule has 41 heavy (non-hydrogen) atoms. The van der Waals surface area contributed by atoms with Gasteiger partial charge in [0.1, 0.15) is 16.5 Å². The van der Waals surface area contributed by atoms with E-state index in [9.17, 15) is 9.59 Å². The van der Waals surface area contributed by atoms with E-state index in [-0.39, 0.29) is 22.8 Å². The second-order valence-corrected chi connectivity index (χ2v) is 10.3. The number of benzene rings is 2. The van der Waals surface area contributed by atoms with E-state index < -0.39 is 0 Å². The van der Waals surface area contributed by atoms with Gasteiger partial charge in [0, 0.05) is 38.1 Å². The molecule has 0 spiro atoms. The molecule has 3 N–H and O–H groups in total. The fourth-order valence-electron chi connectivity index (χ4n) is 4.77. The van der Waals surface area contributed by atoms with Crippen molar-refractivity contribution in [2.45, 2.75) is 19.8 Å². The molecule has 0 unspecified atom stereocenters. The minimum atomic E-state index is -0.237. The van der Waals surface area contributed by atoms with Crippen LogP contribution < -0.4 is 20.7 Å². The average molecular weight is 574 g/mol. The van der Waals surface area contributed by atoms with Crippen LogP contribution >= 0.6 is 11.6 Å². The minimum absolute atomic E-state index is 0.0238. The van der Waals surface area contributed by atoms with Gasteiger partial charge in [0.15, 0.2) is 5.82 Å². The Balaban J connectivity index is 1.37. The molecule has 5 rings (SSSR count). The topological polar surface area (TPSA) is 113 Å². The van der Waals surface area contributed by atoms with Crippen molar-refractivity contribution in [1.82, 2.24) is 24.8 Å². The number of hydrogen-bond acceptors (Lipinski definition) is 7. The maximum absolute atomic E-state index is 13.3. The third-order valence-corrected chi connectivity index (χ3v) is 7.42. The number of amides is 2. The lowest BCUT2D eigenvalue weighted by atomic mass is 9.99. The minimum Gasteiger partial charge on any atom is -0.494 e. The summed E-state index contributed by atoms with van der Waals surface area (Å²) in [5.74, 6) is 1.58. The first-order chi connectivity index (χ1) is 19.9. The molecule has 0 aliphatic carbocycles. The molecular weight excluding hydrogens is 542 g/mol. The highest BCUT2D eigenvalue weighted by atomic mass is 35.5. The van der Waals surface area contributed by atoms with Crippen molar-refractivity contribution < 1.29 is 14.3 Å². The van der Waals surface area contributed by atoms with Crippen molar-refractivity contribution in [3.63, 3.8) is 0 Å². The summed E-state index contributed by atoms with van der Waals surface area (Å²) in [5.41, 5.74) is 3.03. The Morgan fingerprint density at radius 1 is 1.02 bits per heavy atom. The van der Waals surface area contributed by atoms with Gasteiger partial charge in [-0.15, -0.1) is 0 Å². The van der Waals surface area contributed by atoms with E-state index in [2.05, 4.69) is 32.8 Å². The quantitative estimate of drug-likeness (QED) is 0.250. The lowest BCUT2D eigenvalue weighted by Crippen LogP contribution is -2.38. The molecule has 212 valence electrons. The average Bonchev–Trinajstić information content (AvgIpc) is 3.49. The third kappa shape index (κ3) is 6.12. The van der Waals surface area contributed by atoms with Crippen molar-refractivity contribution in [2.75, 3.05) is 37.9 Å². The molecule has 0 radical (unpaired) electrons. The zero-order valence-electron chi connectivity index (χ0n) is 23.1. The van der Waals surface area contributed by atoms with Gasteiger partial charge in [-0.05, 0) is 55.2 Å². The van der Waals surface area contributed by atoms with Gasteiger partial charge in [0.2, 0.25) is 5.95 Å². The zero-order valence-corrected chi connectivity index (χ0v) is 23.9. The molecule has 1 aliphatic heterocycles. The largest absolute Gasteiger partial charge is 0.494 e. The number of aromatic nitrogens is 3. The lowest BCUT2D eigenvalue weighted by molar-refractivity contribution is 0.0689. The Bertz CT molecular complexity index is 1560. The Kier molecular flexibility index (Phi) is 8.39. The molecule has 10 nitrogen and oxygen atoms in total. The summed E-state index contributed by atoms with van der Waals surface area (Å²) in [5, 5.41) is 9.23. The van der Waals surface area contributed by atoms with E-state index >= 15 is 0 Å². The number of hydrogen-bond donors (Lipinski definition) is 3. The Labute approximate surface area is 243 Å². The number of para-hydroxylation sites is 1. The van der Waals surface area contributed by atoms with Crippen LogP contribution in [0.3, 0.4) is 0 Å². The molecule has 1 fully saturated rings. The molecule has 1 aliphatic rings. The monoisotopic (exact) mass is 573 g/mol. The fraction of sp³-hybridized carbons (Fsp3) is 0.267. The van der Waals surface area contributed by atoms with Crippen molar-refractivity contribution >= 4 is 46.6 Å². The van der Waals surface area contributed by atoms with Gasteiger partial charge in [-0.3, -0.25) is 9.59 Å². The predicted octanol–water partition coefficient (Wildman–Crippen LogP) is 5.65. The summed E-state index contributed by atoms with van der Waals surface area (Å²) < 4.78 is 7.55. The molecule has 4 aromatic rings. The summed E-state index contributed by atoms with van der Waals surface area (Å²) >= 11 is 6.38. The van der Waals surface area contributed by atoms with Gasteiger partial charge in [0.05, 0.1) is 30.2 Å². The molecule has 2 amide bonds. The van der Waals surface area contributed by atoms with Crippen LogP contribution in [0.4, 0.5) is 23.1 Å². The van der Waals surface area contributed by atoms with E-state index in [4.69, 9.17) is 16.3 Å². The molecule has 11 heteroatoms. The van der Waals surface area contributed by atoms with Crippen LogP contribution in [-0.2, 0) is 0 Å². The lowest BCUT2D eigenvalue weighted by Gasteiger charge is -2.30. The first kappa shape index (κ1) is 28.0. The summed E-state index contributed by atoms with van der Waals surface area (Å²) in [6.45, 7) is 3.77. The molecule has 2 aromatic heterocycles. The third-order valence-electron chi connectivity index (χ3n) is 7.14. The van der Waals surface area contributed by atoms with E-state index in [1.54, 1.807) is 32.4 Å². The highest BCUT2D eigenvalue weighted by Gasteiger charge is 2.24. The molecule has 0 atom stereocenters. The summed E-state index contributed by atoms with van der Waals surface area (Å²) in [6, 6.07) is 16.4. The maximum Gasteiger partial charge on any atom is 0.270 e. The van der Waals surface area contributed by atoms with E-state index in [1.807, 2.05) is 52.1 Å². The number of halogens is 1. The molecular formula is C30H32ClN7O3. The predicted molar refractivity (Wildman–Crippen MR) is 160 cm³/mol. The molecule has 0 saturated carbocycles. The number of carbonyl (C=O) groups excluding carboxylic acids is 2. The van der Waals surface area contributed by atoms with Crippen LogP contribution in [0.2, 0.25) is 5.02 Å². The second kappa shape index (κ2) is 12.3. The van der Waals surface area contributed by atoms with Crippen LogP contribution in [0.1, 0.15) is 40.6 Å². The normalized spacial score (nSPS) is 13.5. The number of nitrogens with one attached hydrogen (secondary N) is 3. The number of rotatable bonds is 8. The Hall–Kier alpha value is -4.57. The summed E-state index contributed by atoms with van der Waals surface area (Å²) in [6.07, 6.45) is 5.39. The fourth-order valence-corrected chi connectivity index (χ4v) is 4.91. The number of ether oxygens (including phenoxy) is 1. The van der Waals surface area contributed by atoms with Gasteiger partial charge in [0.25, 0.3) is 11.8 Å². The van der Waals surface area contributed by atoms with Crippen molar-refractivity contribution in [2.24, 2.45) is 5.92 Å². The van der Waals surface area contributed by atoms with Gasteiger partial charge in [-0.25, -0.2) is 4.98 Å². The summed E-state index contributed by atoms with van der Waals surface area (Å²) in [7, 11) is 3.15. The molecule has 2 aromatic carbocycles. The van der Waals surface area contributed by atoms with Crippen LogP contribution in [0.25, 0.3) is 5.69 Å². The first-order valence-electron chi connectivity index (χ1n) is 13.4. The smallest absolute Gasteiger partial charge is 0.270 e. The molecule has 0 bridgehead atoms. The van der Waals surface area contributed by atoms with Crippen LogP contribution in [-0.4, -0.2) is 58.5 Å². The van der Waals surface area contributed by atoms with E-state index in [0.717, 1.165) is 31.6 Å². The van der Waals surface area contributed by atoms with Crippen molar-refractivity contribution in [3.05, 3.63) is 83.3 Å². The van der Waals surface area contributed by atoms with E-state index in [1.165, 1.54) is 6.20 Å². The van der Waals surface area contributed by atoms with E-state index in [0.29, 0.717) is 40.1 Å². The van der Waals surface area contributed by atoms with Gasteiger partial charge >= 0.3 is 0 Å². The van der Waals surface area contributed by atoms with Crippen molar-refractivity contribution in [3.8, 4) is 11.4 Å². The SMILES string of the molecule is CNC(=O)c1ccccc1Nc1nc(Nc2ccc(-n3cccc3C(=O)N3CCC(C)CC3)cc2OC)ncc1Cl. The van der Waals surface area contributed by atoms with Gasteiger partial charge < -0.3 is 30.2 Å². The number of likely N-dealkylation sites (tertiary alicyclic amines) is 1. The number of methoxy groups -OCH3 is 1. The summed E-state index contributed by atoms with van der Waals surface area (Å²) in [4.78, 5) is 36.3. The number of nitrogens with zero attached hydrogens (tertiary/aromatic N) is 4. The maximum atomic E-state index is 13.3. The first-order valence-corrected chi connectivity index (χ1v) is 13.8. The van der Waals surface area contributed by atoms with Crippen LogP contribution in [0.15, 0.2) is 67.0 Å². The zero-order chi connectivity index (χ0) is 28.9. The Morgan fingerprint density at radius 3 is 2.56 bits per heavy atom. The van der Waals surface area contributed by atoms with Crippen molar-refractivity contribution in [1.29, 1.82) is 0 Å². The highest BCUT2D eigenvalue weighted by Crippen LogP contribution is 2.32. The number of anilines is 4. The molecule has 3 heterocycles. The Morgan fingerprint density at radius 2 is 1.80 bits per heavy atom. The van der Waals surface area contributed by atoms with Gasteiger partial charge in [-0.1, -0.05) is 30.7 Å². The number of piperidine rings is 1. The van der Waals surface area contributed by atoms with Gasteiger partial charge in [-0.2, -0.15) is 4.98 Å².